The predicted molar refractivity (Wildman–Crippen MR) is 459 cm³/mol. The molecule has 0 saturated carbocycles. The smallest absolute Gasteiger partial charge is 0.256 e. The molecule has 0 aliphatic carbocycles. The van der Waals surface area contributed by atoms with Crippen molar-refractivity contribution < 1.29 is 18.3 Å². The molecule has 0 fully saturated rings. The van der Waals surface area contributed by atoms with Crippen molar-refractivity contribution in [3.05, 3.63) is 286 Å². The average Bonchev–Trinajstić information content (AvgIpc) is 1.49. The predicted octanol–water partition coefficient (Wildman–Crippen LogP) is 20.4. The average molecular weight is 1410 g/mol. The van der Waals surface area contributed by atoms with E-state index in [2.05, 4.69) is 328 Å². The van der Waals surface area contributed by atoms with Crippen LogP contribution in [0, 0.1) is 62.3 Å². The molecule has 0 unspecified atom stereocenters. The molecule has 6 aliphatic heterocycles. The van der Waals surface area contributed by atoms with Gasteiger partial charge in [0.1, 0.15) is 45.3 Å². The van der Waals surface area contributed by atoms with Crippen molar-refractivity contribution in [1.82, 2.24) is 0 Å². The number of benzene rings is 14. The molecule has 11 heteroatoms. The third-order valence-corrected chi connectivity index (χ3v) is 25.2. The normalized spacial score (nSPS) is 13.8. The molecule has 1 N–H and O–H groups in total. The van der Waals surface area contributed by atoms with Gasteiger partial charge in [0.2, 0.25) is 0 Å². The van der Waals surface area contributed by atoms with Gasteiger partial charge in [-0.2, -0.15) is 0 Å². The molecule has 0 bridgehead atoms. The van der Waals surface area contributed by atoms with E-state index in [1.165, 1.54) is 106 Å². The zero-order valence-electron chi connectivity index (χ0n) is 63.4. The van der Waals surface area contributed by atoms with Gasteiger partial charge in [0, 0.05) is 78.2 Å². The van der Waals surface area contributed by atoms with Crippen LogP contribution in [0.15, 0.2) is 239 Å². The second-order valence-corrected chi connectivity index (χ2v) is 32.5. The number of rotatable bonds is 7. The Kier molecular flexibility index (Phi) is 13.4. The standard InChI is InChI=1S/C98H77B3N4O4/c1-13-98(11,12)63-46-82-91-83(47-63)105(95-59(9)40-54(4)41-60(95)10)80-51-79-74(100-71-31-17-21-35-87(71)107-89-45-62(65-27-23-29-69-67-25-15-19-33-85(67)109-97(65)69)43-81(92(89)100)104(79)94-57(7)38-53(3)39-58(94)8)49-75(80)101(91)73-48-72-76(50-78(73)103(82)93-55(5)36-52(2)37-56(93)6)102-77-42-61(44-88-90(77)99(72)70-30-16-20-34-86(70)106-88)64-26-22-28-68-66-24-14-18-32-84(66)108-96(64)68/h14-51,102H,13H2,1-12H3. The molecule has 2 aromatic heterocycles. The van der Waals surface area contributed by atoms with Crippen molar-refractivity contribution in [2.24, 2.45) is 0 Å². The number of furan rings is 2. The highest BCUT2D eigenvalue weighted by Gasteiger charge is 2.51. The lowest BCUT2D eigenvalue weighted by Crippen LogP contribution is -2.66. The number of hydrogen-bond donors (Lipinski definition) is 1. The van der Waals surface area contributed by atoms with Crippen molar-refractivity contribution in [3.8, 4) is 45.3 Å². The molecule has 14 aromatic carbocycles. The van der Waals surface area contributed by atoms with E-state index in [0.29, 0.717) is 0 Å². The Morgan fingerprint density at radius 2 is 0.734 bits per heavy atom. The van der Waals surface area contributed by atoms with Crippen LogP contribution in [0.1, 0.15) is 82.8 Å². The Bertz CT molecular complexity index is 6730. The largest absolute Gasteiger partial charge is 0.458 e. The zero-order valence-corrected chi connectivity index (χ0v) is 63.4. The highest BCUT2D eigenvalue weighted by Crippen LogP contribution is 2.54. The summed E-state index contributed by atoms with van der Waals surface area (Å²) in [7, 11) is 0. The van der Waals surface area contributed by atoms with Gasteiger partial charge in [-0.05, 0) is 246 Å². The van der Waals surface area contributed by atoms with Crippen LogP contribution in [0.5, 0.6) is 23.0 Å². The SMILES string of the molecule is CCC(C)(C)c1cc2c3c(c1)N(c1c(C)cc(C)cc1C)c1cc4c(cc1B3c1cc3c(cc1N2c1c(C)cc(C)cc1C)Nc1cc(-c2cccc5c2oc2ccccc25)cc2c1B3c1ccccc1O2)B1c2ccccc2Oc2cc(-c3cccc5c3oc3ccccc35)cc(c21)N4c1c(C)cc(C)cc1C. The Balaban J connectivity index is 0.859. The maximum Gasteiger partial charge on any atom is 0.256 e. The van der Waals surface area contributed by atoms with E-state index < -0.39 is 0 Å². The summed E-state index contributed by atoms with van der Waals surface area (Å²) in [6.45, 7) is 27.1. The van der Waals surface area contributed by atoms with Gasteiger partial charge in [0.25, 0.3) is 20.1 Å². The molecule has 0 radical (unpaired) electrons. The number of ether oxygens (including phenoxy) is 2. The number of hydrogen-bond acceptors (Lipinski definition) is 8. The van der Waals surface area contributed by atoms with Crippen LogP contribution in [0.4, 0.5) is 62.6 Å². The Morgan fingerprint density at radius 1 is 0.330 bits per heavy atom. The maximum absolute atomic E-state index is 7.45. The van der Waals surface area contributed by atoms with E-state index in [0.717, 1.165) is 157 Å². The molecule has 0 saturated heterocycles. The van der Waals surface area contributed by atoms with E-state index in [1.54, 1.807) is 0 Å². The summed E-state index contributed by atoms with van der Waals surface area (Å²) < 4.78 is 28.4. The fourth-order valence-electron chi connectivity index (χ4n) is 20.4. The Labute approximate surface area is 636 Å². The molecule has 8 nitrogen and oxygen atoms in total. The van der Waals surface area contributed by atoms with Crippen LogP contribution >= 0.6 is 0 Å². The van der Waals surface area contributed by atoms with Crippen molar-refractivity contribution in [2.75, 3.05) is 20.0 Å². The molecule has 8 heterocycles. The molecule has 22 rings (SSSR count). The van der Waals surface area contributed by atoms with E-state index in [1.807, 2.05) is 6.07 Å². The van der Waals surface area contributed by atoms with E-state index in [4.69, 9.17) is 18.3 Å². The second-order valence-electron chi connectivity index (χ2n) is 32.5. The van der Waals surface area contributed by atoms with Crippen molar-refractivity contribution >= 4 is 176 Å². The molecular formula is C98H77B3N4O4. The molecule has 522 valence electrons. The summed E-state index contributed by atoms with van der Waals surface area (Å²) in [5.74, 6) is 3.38. The van der Waals surface area contributed by atoms with Crippen molar-refractivity contribution in [3.63, 3.8) is 0 Å². The summed E-state index contributed by atoms with van der Waals surface area (Å²) in [6.07, 6.45) is 0.934. The lowest BCUT2D eigenvalue weighted by Gasteiger charge is -2.48. The second kappa shape index (κ2) is 22.9. The first-order chi connectivity index (χ1) is 52.9. The van der Waals surface area contributed by atoms with Crippen LogP contribution in [-0.4, -0.2) is 20.1 Å². The number of para-hydroxylation sites is 6. The summed E-state index contributed by atoms with van der Waals surface area (Å²) in [6, 6.07) is 86.6. The molecule has 0 spiro atoms. The van der Waals surface area contributed by atoms with Crippen LogP contribution in [0.2, 0.25) is 0 Å². The number of anilines is 11. The number of fused-ring (bicyclic) bond motifs is 18. The molecule has 0 atom stereocenters. The van der Waals surface area contributed by atoms with Crippen molar-refractivity contribution in [1.29, 1.82) is 0 Å². The first-order valence-electron chi connectivity index (χ1n) is 38.6. The lowest BCUT2D eigenvalue weighted by atomic mass is 9.29. The number of aryl methyl sites for hydroxylation is 9. The highest BCUT2D eigenvalue weighted by molar-refractivity contribution is 7.04. The zero-order chi connectivity index (χ0) is 73.6. The van der Waals surface area contributed by atoms with Gasteiger partial charge in [-0.3, -0.25) is 0 Å². The van der Waals surface area contributed by atoms with Crippen LogP contribution in [-0.2, 0) is 5.41 Å². The number of nitrogens with zero attached hydrogens (tertiary/aromatic N) is 3. The topological polar surface area (TPSA) is 66.5 Å². The molecular weight excluding hydrogens is 1330 g/mol. The summed E-state index contributed by atoms with van der Waals surface area (Å²) in [5.41, 5.74) is 42.8. The first-order valence-corrected chi connectivity index (χ1v) is 38.6. The van der Waals surface area contributed by atoms with Gasteiger partial charge in [-0.1, -0.05) is 195 Å². The molecule has 0 amide bonds. The summed E-state index contributed by atoms with van der Waals surface area (Å²) in [4.78, 5) is 8.03. The Hall–Kier alpha value is -12.3. The van der Waals surface area contributed by atoms with Gasteiger partial charge in [-0.15, -0.1) is 0 Å². The number of nitrogens with one attached hydrogen (secondary N) is 1. The third kappa shape index (κ3) is 9.04. The minimum atomic E-state index is -0.282. The molecule has 16 aromatic rings. The lowest BCUT2D eigenvalue weighted by molar-refractivity contribution is 0.487. The third-order valence-electron chi connectivity index (χ3n) is 25.2. The highest BCUT2D eigenvalue weighted by atomic mass is 16.5. The van der Waals surface area contributed by atoms with Crippen LogP contribution in [0.25, 0.3) is 66.1 Å². The van der Waals surface area contributed by atoms with Gasteiger partial charge in [0.05, 0.1) is 17.1 Å². The fraction of sp³-hybridized carbons (Fsp3) is 0.143. The van der Waals surface area contributed by atoms with E-state index in [-0.39, 0.29) is 25.6 Å². The van der Waals surface area contributed by atoms with Crippen molar-refractivity contribution in [2.45, 2.75) is 94.9 Å². The molecule has 6 aliphatic rings. The van der Waals surface area contributed by atoms with E-state index >= 15 is 0 Å². The van der Waals surface area contributed by atoms with Gasteiger partial charge in [-0.25, -0.2) is 0 Å². The fourth-order valence-corrected chi connectivity index (χ4v) is 20.4. The van der Waals surface area contributed by atoms with Crippen LogP contribution < -0.4 is 78.7 Å². The van der Waals surface area contributed by atoms with Gasteiger partial charge >= 0.3 is 0 Å². The van der Waals surface area contributed by atoms with Gasteiger partial charge < -0.3 is 38.3 Å². The Morgan fingerprint density at radius 3 is 1.23 bits per heavy atom. The minimum Gasteiger partial charge on any atom is -0.458 e. The first kappa shape index (κ1) is 63.9. The minimum absolute atomic E-state index is 0.190. The molecule has 109 heavy (non-hydrogen) atoms. The monoisotopic (exact) mass is 1410 g/mol. The summed E-state index contributed by atoms with van der Waals surface area (Å²) in [5, 5.41) is 8.60. The van der Waals surface area contributed by atoms with Gasteiger partial charge in [0.15, 0.2) is 0 Å². The maximum atomic E-state index is 7.45. The van der Waals surface area contributed by atoms with Crippen LogP contribution in [0.3, 0.4) is 0 Å². The quantitative estimate of drug-likeness (QED) is 0.158. The summed E-state index contributed by atoms with van der Waals surface area (Å²) >= 11 is 0. The van der Waals surface area contributed by atoms with E-state index in [9.17, 15) is 0 Å².